The van der Waals surface area contributed by atoms with Crippen molar-refractivity contribution in [3.05, 3.63) is 78.4 Å². The second-order valence-corrected chi connectivity index (χ2v) is 11.5. The maximum absolute atomic E-state index is 13.9. The highest BCUT2D eigenvalue weighted by Gasteiger charge is 2.32. The van der Waals surface area contributed by atoms with Crippen LogP contribution in [0.3, 0.4) is 0 Å². The Balaban J connectivity index is 2.02. The fourth-order valence-electron chi connectivity index (χ4n) is 4.00. The monoisotopic (exact) mass is 585 g/mol. The summed E-state index contributed by atoms with van der Waals surface area (Å²) < 4.78 is 39.6. The van der Waals surface area contributed by atoms with Crippen molar-refractivity contribution in [2.75, 3.05) is 37.9 Å². The quantitative estimate of drug-likeness (QED) is 0.300. The molecule has 0 bridgehead atoms. The van der Waals surface area contributed by atoms with Crippen LogP contribution in [0.1, 0.15) is 19.4 Å². The molecule has 0 saturated heterocycles. The van der Waals surface area contributed by atoms with Gasteiger partial charge in [-0.15, -0.1) is 11.8 Å². The van der Waals surface area contributed by atoms with Gasteiger partial charge in [0.2, 0.25) is 11.8 Å². The topological polar surface area (TPSA) is 105 Å². The molecule has 1 unspecified atom stereocenters. The molecular formula is C29H35N3O6S2. The number of hydrogen-bond donors (Lipinski definition) is 1. The predicted molar refractivity (Wildman–Crippen MR) is 157 cm³/mol. The first-order valence-electron chi connectivity index (χ1n) is 12.7. The molecule has 3 rings (SSSR count). The number of likely N-dealkylation sites (N-methyl/N-ethyl adjacent to an activating group) is 1. The van der Waals surface area contributed by atoms with Gasteiger partial charge in [-0.25, -0.2) is 8.42 Å². The van der Waals surface area contributed by atoms with E-state index in [-0.39, 0.29) is 17.3 Å². The maximum Gasteiger partial charge on any atom is 0.264 e. The van der Waals surface area contributed by atoms with Crippen molar-refractivity contribution in [1.82, 2.24) is 10.2 Å². The van der Waals surface area contributed by atoms with E-state index in [1.807, 2.05) is 13.2 Å². The molecule has 0 aromatic heterocycles. The normalized spacial score (nSPS) is 11.8. The molecule has 0 saturated carbocycles. The molecule has 1 atom stereocenters. The first-order chi connectivity index (χ1) is 19.1. The average molecular weight is 586 g/mol. The number of nitrogens with one attached hydrogen (secondary N) is 1. The number of carbonyl (C=O) groups is 2. The molecule has 0 aliphatic rings. The molecule has 40 heavy (non-hydrogen) atoms. The van der Waals surface area contributed by atoms with E-state index >= 15 is 0 Å². The zero-order valence-corrected chi connectivity index (χ0v) is 24.9. The highest BCUT2D eigenvalue weighted by atomic mass is 32.2. The average Bonchev–Trinajstić information content (AvgIpc) is 2.98. The zero-order chi connectivity index (χ0) is 29.3. The molecular weight excluding hydrogens is 550 g/mol. The summed E-state index contributed by atoms with van der Waals surface area (Å²) in [5.74, 6) is 0.324. The van der Waals surface area contributed by atoms with E-state index in [9.17, 15) is 18.0 Å². The Labute approximate surface area is 240 Å². The molecule has 0 aliphatic heterocycles. The van der Waals surface area contributed by atoms with Crippen LogP contribution in [0.25, 0.3) is 0 Å². The number of carbonyl (C=O) groups excluding carboxylic acids is 2. The van der Waals surface area contributed by atoms with Crippen molar-refractivity contribution in [3.63, 3.8) is 0 Å². The van der Waals surface area contributed by atoms with Gasteiger partial charge in [-0.2, -0.15) is 0 Å². The van der Waals surface area contributed by atoms with Crippen LogP contribution >= 0.6 is 11.8 Å². The van der Waals surface area contributed by atoms with Crippen LogP contribution in [0.4, 0.5) is 5.69 Å². The van der Waals surface area contributed by atoms with E-state index in [0.717, 1.165) is 14.8 Å². The number of nitrogens with zero attached hydrogens (tertiary/aromatic N) is 2. The highest BCUT2D eigenvalue weighted by Crippen LogP contribution is 2.28. The van der Waals surface area contributed by atoms with Crippen LogP contribution in [0, 0.1) is 0 Å². The van der Waals surface area contributed by atoms with Crippen molar-refractivity contribution in [2.45, 2.75) is 36.2 Å². The lowest BCUT2D eigenvalue weighted by Gasteiger charge is -2.31. The highest BCUT2D eigenvalue weighted by molar-refractivity contribution is 7.98. The number of hydrogen-bond acceptors (Lipinski definition) is 7. The number of ether oxygens (including phenoxy) is 2. The molecule has 2 amide bonds. The van der Waals surface area contributed by atoms with Crippen LogP contribution in [0.15, 0.2) is 82.6 Å². The summed E-state index contributed by atoms with van der Waals surface area (Å²) in [6.07, 6.45) is 1.90. The number of amides is 2. The third-order valence-corrected chi connectivity index (χ3v) is 8.82. The van der Waals surface area contributed by atoms with Crippen molar-refractivity contribution in [3.8, 4) is 11.5 Å². The number of rotatable bonds is 13. The Morgan fingerprint density at radius 2 is 1.55 bits per heavy atom. The van der Waals surface area contributed by atoms with Gasteiger partial charge < -0.3 is 19.7 Å². The fraction of sp³-hybridized carbons (Fsp3) is 0.310. The van der Waals surface area contributed by atoms with E-state index in [1.54, 1.807) is 74.7 Å². The predicted octanol–water partition coefficient (Wildman–Crippen LogP) is 4.17. The number of sulfonamides is 1. The summed E-state index contributed by atoms with van der Waals surface area (Å²) >= 11 is 1.50. The zero-order valence-electron chi connectivity index (χ0n) is 23.3. The Morgan fingerprint density at radius 3 is 2.08 bits per heavy atom. The molecule has 3 aromatic carbocycles. The Bertz CT molecular complexity index is 1380. The summed E-state index contributed by atoms with van der Waals surface area (Å²) in [6, 6.07) is 19.3. The maximum atomic E-state index is 13.9. The second-order valence-electron chi connectivity index (χ2n) is 8.77. The first-order valence-corrected chi connectivity index (χ1v) is 15.3. The number of methoxy groups -OCH3 is 1. The molecule has 214 valence electrons. The van der Waals surface area contributed by atoms with Crippen molar-refractivity contribution >= 4 is 39.3 Å². The van der Waals surface area contributed by atoms with Gasteiger partial charge >= 0.3 is 0 Å². The van der Waals surface area contributed by atoms with Crippen molar-refractivity contribution in [2.24, 2.45) is 0 Å². The minimum Gasteiger partial charge on any atom is -0.497 e. The van der Waals surface area contributed by atoms with Gasteiger partial charge in [0.1, 0.15) is 24.1 Å². The third-order valence-electron chi connectivity index (χ3n) is 6.29. The van der Waals surface area contributed by atoms with Crippen LogP contribution in [-0.4, -0.2) is 64.7 Å². The Hall–Kier alpha value is -3.70. The van der Waals surface area contributed by atoms with Gasteiger partial charge in [0.25, 0.3) is 10.0 Å². The first kappa shape index (κ1) is 30.8. The molecule has 0 fully saturated rings. The van der Waals surface area contributed by atoms with Gasteiger partial charge in [-0.05, 0) is 86.3 Å². The molecule has 9 nitrogen and oxygen atoms in total. The van der Waals surface area contributed by atoms with Gasteiger partial charge in [0.05, 0.1) is 24.3 Å². The summed E-state index contributed by atoms with van der Waals surface area (Å²) in [6.45, 7) is 3.50. The van der Waals surface area contributed by atoms with Crippen LogP contribution in [-0.2, 0) is 26.2 Å². The molecule has 3 aromatic rings. The number of thioether (sulfide) groups is 1. The Kier molecular flexibility index (Phi) is 10.9. The molecule has 0 radical (unpaired) electrons. The fourth-order valence-corrected chi connectivity index (χ4v) is 5.82. The largest absolute Gasteiger partial charge is 0.497 e. The van der Waals surface area contributed by atoms with Crippen LogP contribution in [0.2, 0.25) is 0 Å². The molecule has 1 N–H and O–H groups in total. The second kappa shape index (κ2) is 14.1. The summed E-state index contributed by atoms with van der Waals surface area (Å²) in [7, 11) is -1.10. The standard InChI is InChI=1S/C29H35N3O6S2/c1-6-38-25-13-9-23(10-14-25)32(40(35,36)27-17-15-26(39-5)16-18-27)20-28(33)31(21(2)29(34)30-3)19-22-7-11-24(37-4)12-8-22/h7-18,21H,6,19-20H2,1-5H3,(H,30,34). The van der Waals surface area contributed by atoms with Crippen molar-refractivity contribution < 1.29 is 27.5 Å². The van der Waals surface area contributed by atoms with E-state index in [1.165, 1.54) is 35.8 Å². The van der Waals surface area contributed by atoms with E-state index in [0.29, 0.717) is 23.8 Å². The smallest absolute Gasteiger partial charge is 0.264 e. The number of anilines is 1. The molecule has 0 spiro atoms. The van der Waals surface area contributed by atoms with Crippen LogP contribution in [0.5, 0.6) is 11.5 Å². The van der Waals surface area contributed by atoms with Crippen molar-refractivity contribution in [1.29, 1.82) is 0 Å². The van der Waals surface area contributed by atoms with Gasteiger partial charge in [0.15, 0.2) is 0 Å². The summed E-state index contributed by atoms with van der Waals surface area (Å²) in [5, 5.41) is 2.57. The molecule has 0 heterocycles. The molecule has 11 heteroatoms. The summed E-state index contributed by atoms with van der Waals surface area (Å²) in [4.78, 5) is 28.8. The lowest BCUT2D eigenvalue weighted by atomic mass is 10.1. The van der Waals surface area contributed by atoms with Gasteiger partial charge in [-0.1, -0.05) is 12.1 Å². The Morgan fingerprint density at radius 1 is 0.950 bits per heavy atom. The minimum absolute atomic E-state index is 0.0491. The SMILES string of the molecule is CCOc1ccc(N(CC(=O)N(Cc2ccc(OC)cc2)C(C)C(=O)NC)S(=O)(=O)c2ccc(SC)cc2)cc1. The lowest BCUT2D eigenvalue weighted by Crippen LogP contribution is -2.50. The lowest BCUT2D eigenvalue weighted by molar-refractivity contribution is -0.139. The van der Waals surface area contributed by atoms with E-state index in [4.69, 9.17) is 9.47 Å². The van der Waals surface area contributed by atoms with Gasteiger partial charge in [-0.3, -0.25) is 13.9 Å². The van der Waals surface area contributed by atoms with Crippen LogP contribution < -0.4 is 19.1 Å². The number of benzene rings is 3. The molecule has 0 aliphatic carbocycles. The summed E-state index contributed by atoms with van der Waals surface area (Å²) in [5.41, 5.74) is 1.05. The third kappa shape index (κ3) is 7.48. The van der Waals surface area contributed by atoms with Gasteiger partial charge in [0, 0.05) is 18.5 Å². The van der Waals surface area contributed by atoms with E-state index in [2.05, 4.69) is 5.32 Å². The van der Waals surface area contributed by atoms with E-state index < -0.39 is 28.5 Å². The minimum atomic E-state index is -4.15.